The van der Waals surface area contributed by atoms with E-state index in [0.29, 0.717) is 39.6 Å². The molecule has 1 aliphatic rings. The summed E-state index contributed by atoms with van der Waals surface area (Å²) in [4.78, 5) is 20.2. The Kier molecular flexibility index (Phi) is 5.65. The van der Waals surface area contributed by atoms with E-state index in [9.17, 15) is 10.1 Å². The number of hydrogen-bond acceptors (Lipinski definition) is 6. The van der Waals surface area contributed by atoms with Crippen LogP contribution < -0.4 is 15.0 Å². The van der Waals surface area contributed by atoms with Crippen LogP contribution >= 0.6 is 11.6 Å². The van der Waals surface area contributed by atoms with E-state index >= 15 is 0 Å². The van der Waals surface area contributed by atoms with Gasteiger partial charge in [-0.15, -0.1) is 0 Å². The summed E-state index contributed by atoms with van der Waals surface area (Å²) in [5.74, 6) is 0.341. The Morgan fingerprint density at radius 1 is 1.29 bits per heavy atom. The zero-order valence-corrected chi connectivity index (χ0v) is 17.6. The Bertz CT molecular complexity index is 1300. The van der Waals surface area contributed by atoms with Crippen LogP contribution in [0.4, 0.5) is 0 Å². The number of hydrogen-bond donors (Lipinski definition) is 1. The molecule has 1 aromatic heterocycles. The number of aromatic amines is 1. The molecule has 0 bridgehead atoms. The predicted molar refractivity (Wildman–Crippen MR) is 118 cm³/mol. The van der Waals surface area contributed by atoms with Gasteiger partial charge < -0.3 is 19.2 Å². The normalized spacial score (nSPS) is 15.5. The van der Waals surface area contributed by atoms with E-state index in [1.54, 1.807) is 49.6 Å². The van der Waals surface area contributed by atoms with Gasteiger partial charge in [-0.2, -0.15) is 10.3 Å². The van der Waals surface area contributed by atoms with E-state index in [2.05, 4.69) is 16.0 Å². The molecule has 3 aromatic rings. The minimum absolute atomic E-state index is 0.0659. The molecule has 4 rings (SSSR count). The fourth-order valence-electron chi connectivity index (χ4n) is 3.54. The number of nitrogens with zero attached hydrogens (tertiary/aromatic N) is 2. The second-order valence-corrected chi connectivity index (χ2v) is 7.15. The Labute approximate surface area is 183 Å². The largest absolute Gasteiger partial charge is 0.497 e. The lowest BCUT2D eigenvalue weighted by atomic mass is 9.83. The van der Waals surface area contributed by atoms with Gasteiger partial charge in [-0.3, -0.25) is 4.79 Å². The van der Waals surface area contributed by atoms with Crippen LogP contribution in [0.3, 0.4) is 0 Å². The molecule has 1 N–H and O–H groups in total. The molecule has 0 aliphatic carbocycles. The zero-order chi connectivity index (χ0) is 22.0. The highest BCUT2D eigenvalue weighted by Crippen LogP contribution is 2.44. The minimum Gasteiger partial charge on any atom is -0.497 e. The first kappa shape index (κ1) is 20.5. The SMILES string of the molecule is CCO/C=N/C1=C(C#N)C(c2ccc(OC)cc2)c2c(c3cc(Cl)ccc3[nH]c2=O)O1. The first-order chi connectivity index (χ1) is 15.1. The highest BCUT2D eigenvalue weighted by Gasteiger charge is 2.35. The Balaban J connectivity index is 2.02. The molecule has 0 fully saturated rings. The van der Waals surface area contributed by atoms with E-state index in [0.717, 1.165) is 5.56 Å². The van der Waals surface area contributed by atoms with Gasteiger partial charge in [0.15, 0.2) is 6.40 Å². The van der Waals surface area contributed by atoms with Crippen molar-refractivity contribution in [2.24, 2.45) is 4.99 Å². The molecule has 1 atom stereocenters. The highest BCUT2D eigenvalue weighted by molar-refractivity contribution is 6.31. The van der Waals surface area contributed by atoms with Crippen molar-refractivity contribution < 1.29 is 14.2 Å². The molecular weight excluding hydrogens is 418 g/mol. The van der Waals surface area contributed by atoms with Crippen molar-refractivity contribution >= 4 is 28.9 Å². The number of aliphatic imine (C=N–C) groups is 1. The number of methoxy groups -OCH3 is 1. The molecule has 0 saturated carbocycles. The second kappa shape index (κ2) is 8.54. The van der Waals surface area contributed by atoms with E-state index in [-0.39, 0.29) is 17.0 Å². The van der Waals surface area contributed by atoms with Gasteiger partial charge in [-0.1, -0.05) is 23.7 Å². The van der Waals surface area contributed by atoms with Crippen LogP contribution in [-0.4, -0.2) is 25.1 Å². The summed E-state index contributed by atoms with van der Waals surface area (Å²) in [5.41, 5.74) is 1.44. The summed E-state index contributed by atoms with van der Waals surface area (Å²) >= 11 is 6.21. The topological polar surface area (TPSA) is 96.7 Å². The summed E-state index contributed by atoms with van der Waals surface area (Å²) in [6.07, 6.45) is 1.23. The Morgan fingerprint density at radius 3 is 2.74 bits per heavy atom. The standard InChI is InChI=1S/C23H18ClN3O4/c1-3-30-12-26-23-17(11-25)19(13-4-7-15(29-2)8-5-13)20-21(31-23)16-10-14(24)6-9-18(16)27-22(20)28/h4-10,12,19H,3H2,1-2H3,(H,27,28)/b26-12+. The molecule has 31 heavy (non-hydrogen) atoms. The van der Waals surface area contributed by atoms with E-state index < -0.39 is 5.92 Å². The van der Waals surface area contributed by atoms with Crippen LogP contribution in [0, 0.1) is 11.3 Å². The monoisotopic (exact) mass is 435 g/mol. The van der Waals surface area contributed by atoms with Crippen molar-refractivity contribution in [2.75, 3.05) is 13.7 Å². The van der Waals surface area contributed by atoms with Crippen LogP contribution in [0.5, 0.6) is 11.5 Å². The molecule has 7 nitrogen and oxygen atoms in total. The molecule has 156 valence electrons. The number of halogens is 1. The maximum absolute atomic E-state index is 13.1. The van der Waals surface area contributed by atoms with Crippen molar-refractivity contribution in [3.8, 4) is 17.6 Å². The van der Waals surface area contributed by atoms with Gasteiger partial charge in [0.05, 0.1) is 30.7 Å². The van der Waals surface area contributed by atoms with Crippen molar-refractivity contribution in [2.45, 2.75) is 12.8 Å². The average molecular weight is 436 g/mol. The fraction of sp³-hybridized carbons (Fsp3) is 0.174. The fourth-order valence-corrected chi connectivity index (χ4v) is 3.71. The zero-order valence-electron chi connectivity index (χ0n) is 16.8. The first-order valence-corrected chi connectivity index (χ1v) is 9.90. The third-order valence-corrected chi connectivity index (χ3v) is 5.19. The number of nitrogens with one attached hydrogen (secondary N) is 1. The van der Waals surface area contributed by atoms with E-state index in [4.69, 9.17) is 25.8 Å². The van der Waals surface area contributed by atoms with Gasteiger partial charge in [-0.05, 0) is 42.8 Å². The van der Waals surface area contributed by atoms with Crippen LogP contribution in [0.2, 0.25) is 5.02 Å². The number of benzene rings is 2. The molecule has 1 unspecified atom stereocenters. The van der Waals surface area contributed by atoms with Crippen LogP contribution in [0.25, 0.3) is 10.9 Å². The van der Waals surface area contributed by atoms with Gasteiger partial charge in [0.2, 0.25) is 5.88 Å². The van der Waals surface area contributed by atoms with Crippen LogP contribution in [-0.2, 0) is 4.74 Å². The smallest absolute Gasteiger partial charge is 0.256 e. The van der Waals surface area contributed by atoms with Gasteiger partial charge >= 0.3 is 0 Å². The molecule has 0 spiro atoms. The summed E-state index contributed by atoms with van der Waals surface area (Å²) in [6, 6.07) is 14.4. The van der Waals surface area contributed by atoms with Crippen LogP contribution in [0.15, 0.2) is 63.7 Å². The minimum atomic E-state index is -0.694. The lowest BCUT2D eigenvalue weighted by Gasteiger charge is -2.26. The second-order valence-electron chi connectivity index (χ2n) is 6.72. The lowest BCUT2D eigenvalue weighted by molar-refractivity contribution is 0.336. The van der Waals surface area contributed by atoms with Crippen molar-refractivity contribution in [1.29, 1.82) is 5.26 Å². The van der Waals surface area contributed by atoms with Crippen LogP contribution in [0.1, 0.15) is 24.0 Å². The number of rotatable bonds is 5. The molecule has 0 amide bonds. The third kappa shape index (κ3) is 3.74. The predicted octanol–water partition coefficient (Wildman–Crippen LogP) is 4.51. The molecule has 0 radical (unpaired) electrons. The maximum atomic E-state index is 13.1. The van der Waals surface area contributed by atoms with Crippen molar-refractivity contribution in [3.63, 3.8) is 0 Å². The van der Waals surface area contributed by atoms with E-state index in [1.165, 1.54) is 6.40 Å². The number of fused-ring (bicyclic) bond motifs is 3. The number of aromatic nitrogens is 1. The number of ether oxygens (including phenoxy) is 3. The summed E-state index contributed by atoms with van der Waals surface area (Å²) in [7, 11) is 1.57. The molecule has 0 saturated heterocycles. The van der Waals surface area contributed by atoms with Gasteiger partial charge in [0.1, 0.15) is 23.1 Å². The first-order valence-electron chi connectivity index (χ1n) is 9.53. The number of H-pyrrole nitrogens is 1. The average Bonchev–Trinajstić information content (AvgIpc) is 2.79. The Morgan fingerprint density at radius 2 is 2.06 bits per heavy atom. The Hall–Kier alpha value is -3.76. The molecular formula is C23H18ClN3O4. The number of pyridine rings is 1. The lowest BCUT2D eigenvalue weighted by Crippen LogP contribution is -2.25. The molecule has 2 aromatic carbocycles. The number of nitriles is 1. The highest BCUT2D eigenvalue weighted by atomic mass is 35.5. The van der Waals surface area contributed by atoms with Gasteiger partial charge in [-0.25, -0.2) is 0 Å². The van der Waals surface area contributed by atoms with Gasteiger partial charge in [0, 0.05) is 10.4 Å². The number of allylic oxidation sites excluding steroid dienone is 1. The summed E-state index contributed by atoms with van der Waals surface area (Å²) < 4.78 is 16.4. The van der Waals surface area contributed by atoms with Crippen molar-refractivity contribution in [3.05, 3.63) is 80.4 Å². The van der Waals surface area contributed by atoms with E-state index in [1.807, 2.05) is 6.92 Å². The van der Waals surface area contributed by atoms with Gasteiger partial charge in [0.25, 0.3) is 5.56 Å². The third-order valence-electron chi connectivity index (χ3n) is 4.95. The summed E-state index contributed by atoms with van der Waals surface area (Å²) in [6.45, 7) is 2.23. The molecule has 8 heteroatoms. The summed E-state index contributed by atoms with van der Waals surface area (Å²) in [5, 5.41) is 11.1. The maximum Gasteiger partial charge on any atom is 0.256 e. The molecule has 1 aliphatic heterocycles. The van der Waals surface area contributed by atoms with Crippen molar-refractivity contribution in [1.82, 2.24) is 4.98 Å². The quantitative estimate of drug-likeness (QED) is 0.469. The molecule has 2 heterocycles.